The van der Waals surface area contributed by atoms with E-state index in [0.717, 1.165) is 45.2 Å². The van der Waals surface area contributed by atoms with Gasteiger partial charge in [-0.3, -0.25) is 4.90 Å². The van der Waals surface area contributed by atoms with E-state index in [0.29, 0.717) is 12.0 Å². The number of rotatable bonds is 3. The molecule has 3 nitrogen and oxygen atoms in total. The van der Waals surface area contributed by atoms with Crippen molar-refractivity contribution in [3.05, 3.63) is 0 Å². The van der Waals surface area contributed by atoms with Crippen LogP contribution in [-0.2, 0) is 0 Å². The molecule has 1 N–H and O–H groups in total. The lowest BCUT2D eigenvalue weighted by Gasteiger charge is -2.45. The normalized spacial score (nSPS) is 44.2. The molecule has 3 rings (SSSR count). The number of hydrogen-bond donors (Lipinski definition) is 1. The fraction of sp³-hybridized carbons (Fsp3) is 0.938. The molecule has 3 aliphatic rings. The number of β-amino-alcohol motifs (C(OH)–C–C–N with tert-alkyl or cyclic N) is 1. The van der Waals surface area contributed by atoms with Gasteiger partial charge in [-0.1, -0.05) is 26.2 Å². The third kappa shape index (κ3) is 2.19. The Morgan fingerprint density at radius 3 is 2.74 bits per heavy atom. The van der Waals surface area contributed by atoms with E-state index in [1.807, 2.05) is 0 Å². The van der Waals surface area contributed by atoms with Gasteiger partial charge in [0.25, 0.3) is 0 Å². The van der Waals surface area contributed by atoms with Crippen LogP contribution >= 0.6 is 0 Å². The van der Waals surface area contributed by atoms with E-state index in [1.54, 1.807) is 0 Å². The van der Waals surface area contributed by atoms with Crippen LogP contribution in [0.4, 0.5) is 0 Å². The summed E-state index contributed by atoms with van der Waals surface area (Å²) in [6.45, 7) is 3.94. The van der Waals surface area contributed by atoms with Crippen molar-refractivity contribution < 1.29 is 5.11 Å². The molecule has 3 atom stereocenters. The Balaban J connectivity index is 1.79. The maximum absolute atomic E-state index is 11.2. The van der Waals surface area contributed by atoms with Crippen molar-refractivity contribution in [3.63, 3.8) is 0 Å². The van der Waals surface area contributed by atoms with Crippen LogP contribution in [0, 0.1) is 22.7 Å². The average molecular weight is 262 g/mol. The van der Waals surface area contributed by atoms with Gasteiger partial charge in [-0.2, -0.15) is 5.26 Å². The first-order valence-corrected chi connectivity index (χ1v) is 8.00. The summed E-state index contributed by atoms with van der Waals surface area (Å²) in [5.41, 5.74) is -1.23. The van der Waals surface area contributed by atoms with E-state index >= 15 is 0 Å². The molecule has 0 aromatic rings. The highest BCUT2D eigenvalue weighted by Gasteiger charge is 2.56. The predicted octanol–water partition coefficient (Wildman–Crippen LogP) is 2.70. The SMILES string of the molecule is CCC1CCCC(C#N)(C2(O)CCN(C3CC3)C2)C1. The largest absolute Gasteiger partial charge is 0.387 e. The van der Waals surface area contributed by atoms with Gasteiger partial charge in [0.2, 0.25) is 0 Å². The van der Waals surface area contributed by atoms with Crippen molar-refractivity contribution in [1.29, 1.82) is 5.26 Å². The van der Waals surface area contributed by atoms with Crippen molar-refractivity contribution in [2.75, 3.05) is 13.1 Å². The van der Waals surface area contributed by atoms with E-state index in [2.05, 4.69) is 17.9 Å². The molecule has 1 heterocycles. The van der Waals surface area contributed by atoms with Crippen molar-refractivity contribution >= 4 is 0 Å². The summed E-state index contributed by atoms with van der Waals surface area (Å²) in [5.74, 6) is 0.632. The molecule has 3 fully saturated rings. The van der Waals surface area contributed by atoms with E-state index in [4.69, 9.17) is 0 Å². The zero-order valence-electron chi connectivity index (χ0n) is 12.1. The molecule has 2 saturated carbocycles. The van der Waals surface area contributed by atoms with Gasteiger partial charge in [-0.25, -0.2) is 0 Å². The van der Waals surface area contributed by atoms with Gasteiger partial charge in [0, 0.05) is 19.1 Å². The summed E-state index contributed by atoms with van der Waals surface area (Å²) < 4.78 is 0. The van der Waals surface area contributed by atoms with Crippen LogP contribution in [-0.4, -0.2) is 34.7 Å². The fourth-order valence-corrected chi connectivity index (χ4v) is 4.33. The molecule has 0 bridgehead atoms. The van der Waals surface area contributed by atoms with E-state index in [9.17, 15) is 10.4 Å². The first kappa shape index (κ1) is 13.4. The first-order chi connectivity index (χ1) is 9.12. The fourth-order valence-electron chi connectivity index (χ4n) is 4.33. The minimum absolute atomic E-state index is 0.477. The smallest absolute Gasteiger partial charge is 0.0971 e. The summed E-state index contributed by atoms with van der Waals surface area (Å²) in [6.07, 6.45) is 8.67. The maximum Gasteiger partial charge on any atom is 0.0971 e. The average Bonchev–Trinajstić information content (AvgIpc) is 3.22. The Morgan fingerprint density at radius 2 is 2.11 bits per heavy atom. The Hall–Kier alpha value is -0.590. The van der Waals surface area contributed by atoms with Crippen LogP contribution in [0.5, 0.6) is 0 Å². The molecule has 0 radical (unpaired) electrons. The molecular weight excluding hydrogens is 236 g/mol. The van der Waals surface area contributed by atoms with Crippen LogP contribution in [0.3, 0.4) is 0 Å². The zero-order chi connectivity index (χ0) is 13.5. The molecule has 0 amide bonds. The molecule has 106 valence electrons. The lowest BCUT2D eigenvalue weighted by Crippen LogP contribution is -2.52. The van der Waals surface area contributed by atoms with Gasteiger partial charge in [0.15, 0.2) is 0 Å². The van der Waals surface area contributed by atoms with Crippen molar-refractivity contribution in [2.24, 2.45) is 11.3 Å². The molecule has 3 unspecified atom stereocenters. The Morgan fingerprint density at radius 1 is 1.32 bits per heavy atom. The second-order valence-corrected chi connectivity index (χ2v) is 7.05. The second kappa shape index (κ2) is 4.75. The number of nitrogens with zero attached hydrogens (tertiary/aromatic N) is 2. The van der Waals surface area contributed by atoms with Crippen LogP contribution in [0.15, 0.2) is 0 Å². The highest BCUT2D eigenvalue weighted by molar-refractivity contribution is 5.17. The Bertz CT molecular complexity index is 387. The zero-order valence-corrected chi connectivity index (χ0v) is 12.1. The van der Waals surface area contributed by atoms with Gasteiger partial charge >= 0.3 is 0 Å². The lowest BCUT2D eigenvalue weighted by atomic mass is 9.60. The molecule has 19 heavy (non-hydrogen) atoms. The summed E-state index contributed by atoms with van der Waals surface area (Å²) in [7, 11) is 0. The number of hydrogen-bond acceptors (Lipinski definition) is 3. The standard InChI is InChI=1S/C16H26N2O/c1-2-13-4-3-7-15(10-13,11-17)16(19)8-9-18(12-16)14-5-6-14/h13-14,19H,2-10,12H2,1H3. The van der Waals surface area contributed by atoms with Crippen LogP contribution in [0.1, 0.15) is 58.3 Å². The van der Waals surface area contributed by atoms with Crippen LogP contribution in [0.2, 0.25) is 0 Å². The summed E-state index contributed by atoms with van der Waals surface area (Å²) in [5, 5.41) is 21.0. The predicted molar refractivity (Wildman–Crippen MR) is 74.5 cm³/mol. The molecule has 2 aliphatic carbocycles. The van der Waals surface area contributed by atoms with E-state index in [1.165, 1.54) is 19.3 Å². The minimum atomic E-state index is -0.752. The first-order valence-electron chi connectivity index (χ1n) is 8.00. The molecule has 1 aliphatic heterocycles. The van der Waals surface area contributed by atoms with Gasteiger partial charge in [0.05, 0.1) is 17.1 Å². The minimum Gasteiger partial charge on any atom is -0.387 e. The topological polar surface area (TPSA) is 47.3 Å². The van der Waals surface area contributed by atoms with E-state index < -0.39 is 11.0 Å². The lowest BCUT2D eigenvalue weighted by molar-refractivity contribution is -0.0733. The van der Waals surface area contributed by atoms with Gasteiger partial charge in [-0.15, -0.1) is 0 Å². The maximum atomic E-state index is 11.2. The number of aliphatic hydroxyl groups is 1. The summed E-state index contributed by atoms with van der Waals surface area (Å²) >= 11 is 0. The number of likely N-dealkylation sites (tertiary alicyclic amines) is 1. The quantitative estimate of drug-likeness (QED) is 0.850. The molecule has 0 aromatic heterocycles. The molecule has 0 spiro atoms. The number of nitriles is 1. The van der Waals surface area contributed by atoms with E-state index in [-0.39, 0.29) is 0 Å². The highest BCUT2D eigenvalue weighted by Crippen LogP contribution is 2.51. The third-order valence-electron chi connectivity index (χ3n) is 5.88. The monoisotopic (exact) mass is 262 g/mol. The van der Waals surface area contributed by atoms with Gasteiger partial charge in [0.1, 0.15) is 0 Å². The van der Waals surface area contributed by atoms with Gasteiger partial charge < -0.3 is 5.11 Å². The summed E-state index contributed by atoms with van der Waals surface area (Å²) in [6, 6.07) is 3.27. The van der Waals surface area contributed by atoms with Gasteiger partial charge in [-0.05, 0) is 38.0 Å². The molecule has 3 heteroatoms. The highest BCUT2D eigenvalue weighted by atomic mass is 16.3. The van der Waals surface area contributed by atoms with Crippen molar-refractivity contribution in [2.45, 2.75) is 69.9 Å². The summed E-state index contributed by atoms with van der Waals surface area (Å²) in [4.78, 5) is 2.43. The van der Waals surface area contributed by atoms with Crippen LogP contribution in [0.25, 0.3) is 0 Å². The Kier molecular flexibility index (Phi) is 3.35. The molecule has 0 aromatic carbocycles. The molecular formula is C16H26N2O. The Labute approximate surface area is 116 Å². The van der Waals surface area contributed by atoms with Crippen LogP contribution < -0.4 is 0 Å². The third-order valence-corrected chi connectivity index (χ3v) is 5.88. The second-order valence-electron chi connectivity index (χ2n) is 7.05. The van der Waals surface area contributed by atoms with Crippen molar-refractivity contribution in [1.82, 2.24) is 4.90 Å². The molecule has 1 saturated heterocycles. The van der Waals surface area contributed by atoms with Crippen molar-refractivity contribution in [3.8, 4) is 6.07 Å².